The van der Waals surface area contributed by atoms with Gasteiger partial charge >= 0.3 is 0 Å². The number of hydrogen-bond donors (Lipinski definition) is 0. The predicted molar refractivity (Wildman–Crippen MR) is 73.1 cm³/mol. The van der Waals surface area contributed by atoms with E-state index >= 15 is 0 Å². The fourth-order valence-corrected chi connectivity index (χ4v) is 2.07. The maximum Gasteiger partial charge on any atom is 0.127 e. The molecule has 0 saturated heterocycles. The first-order valence-electron chi connectivity index (χ1n) is 5.39. The van der Waals surface area contributed by atoms with Gasteiger partial charge in [-0.15, -0.1) is 0 Å². The van der Waals surface area contributed by atoms with Crippen molar-refractivity contribution in [3.63, 3.8) is 0 Å². The summed E-state index contributed by atoms with van der Waals surface area (Å²) in [6.07, 6.45) is 0. The molecular formula is C14H12Cl2O. The van der Waals surface area contributed by atoms with E-state index in [9.17, 15) is 0 Å². The average Bonchev–Trinajstić information content (AvgIpc) is 2.34. The van der Waals surface area contributed by atoms with E-state index in [-0.39, 0.29) is 0 Å². The molecule has 0 aromatic heterocycles. The molecular weight excluding hydrogens is 255 g/mol. The van der Waals surface area contributed by atoms with Crippen molar-refractivity contribution in [2.24, 2.45) is 0 Å². The fraction of sp³-hybridized carbons (Fsp3) is 0.143. The van der Waals surface area contributed by atoms with Gasteiger partial charge in [0.25, 0.3) is 0 Å². The topological polar surface area (TPSA) is 9.23 Å². The minimum Gasteiger partial charge on any atom is -0.493 e. The SMILES string of the molecule is CCOc1ccccc1-c1cc(Cl)ccc1Cl. The molecule has 3 heteroatoms. The summed E-state index contributed by atoms with van der Waals surface area (Å²) < 4.78 is 5.58. The van der Waals surface area contributed by atoms with Gasteiger partial charge in [-0.1, -0.05) is 41.4 Å². The van der Waals surface area contributed by atoms with E-state index in [1.807, 2.05) is 37.3 Å². The Kier molecular flexibility index (Phi) is 3.93. The minimum absolute atomic E-state index is 0.620. The molecule has 0 amide bonds. The van der Waals surface area contributed by atoms with Crippen LogP contribution >= 0.6 is 23.2 Å². The van der Waals surface area contributed by atoms with Crippen LogP contribution in [0.15, 0.2) is 42.5 Å². The van der Waals surface area contributed by atoms with Crippen LogP contribution in [0.4, 0.5) is 0 Å². The predicted octanol–water partition coefficient (Wildman–Crippen LogP) is 5.06. The summed E-state index contributed by atoms with van der Waals surface area (Å²) in [4.78, 5) is 0. The number of ether oxygens (including phenoxy) is 1. The number of benzene rings is 2. The molecule has 0 atom stereocenters. The maximum absolute atomic E-state index is 6.19. The number of rotatable bonds is 3. The lowest BCUT2D eigenvalue weighted by Crippen LogP contribution is -1.94. The van der Waals surface area contributed by atoms with Gasteiger partial charge in [0.05, 0.1) is 6.61 Å². The Balaban J connectivity index is 2.55. The first kappa shape index (κ1) is 12.3. The Labute approximate surface area is 111 Å². The van der Waals surface area contributed by atoms with Crippen molar-refractivity contribution in [2.75, 3.05) is 6.61 Å². The highest BCUT2D eigenvalue weighted by molar-refractivity contribution is 6.35. The van der Waals surface area contributed by atoms with Crippen LogP contribution in [0.1, 0.15) is 6.92 Å². The van der Waals surface area contributed by atoms with Crippen LogP contribution in [0, 0.1) is 0 Å². The number of halogens is 2. The molecule has 0 radical (unpaired) electrons. The van der Waals surface area contributed by atoms with Gasteiger partial charge in [0.1, 0.15) is 5.75 Å². The third-order valence-electron chi connectivity index (χ3n) is 2.41. The van der Waals surface area contributed by atoms with Gasteiger partial charge < -0.3 is 4.74 Å². The van der Waals surface area contributed by atoms with E-state index in [4.69, 9.17) is 27.9 Å². The lowest BCUT2D eigenvalue weighted by molar-refractivity contribution is 0.341. The van der Waals surface area contributed by atoms with Gasteiger partial charge in [-0.25, -0.2) is 0 Å². The molecule has 0 N–H and O–H groups in total. The van der Waals surface area contributed by atoms with E-state index in [0.29, 0.717) is 16.7 Å². The standard InChI is InChI=1S/C14H12Cl2O/c1-2-17-14-6-4-3-5-11(14)12-9-10(15)7-8-13(12)16/h3-9H,2H2,1H3. The van der Waals surface area contributed by atoms with Crippen molar-refractivity contribution >= 4 is 23.2 Å². The van der Waals surface area contributed by atoms with Gasteiger partial charge in [-0.2, -0.15) is 0 Å². The lowest BCUT2D eigenvalue weighted by Gasteiger charge is -2.11. The fourth-order valence-electron chi connectivity index (χ4n) is 1.67. The van der Waals surface area contributed by atoms with Gasteiger partial charge in [0.2, 0.25) is 0 Å². The third kappa shape index (κ3) is 2.74. The van der Waals surface area contributed by atoms with Gasteiger partial charge in [-0.05, 0) is 31.2 Å². The second-order valence-corrected chi connectivity index (χ2v) is 4.40. The smallest absolute Gasteiger partial charge is 0.127 e. The quantitative estimate of drug-likeness (QED) is 0.755. The monoisotopic (exact) mass is 266 g/mol. The molecule has 2 aromatic carbocycles. The summed E-state index contributed by atoms with van der Waals surface area (Å²) in [7, 11) is 0. The van der Waals surface area contributed by atoms with Crippen molar-refractivity contribution < 1.29 is 4.74 Å². The van der Waals surface area contributed by atoms with Crippen LogP contribution in [0.3, 0.4) is 0 Å². The number of hydrogen-bond acceptors (Lipinski definition) is 1. The summed E-state index contributed by atoms with van der Waals surface area (Å²) in [5.41, 5.74) is 1.85. The zero-order valence-corrected chi connectivity index (χ0v) is 10.9. The zero-order valence-electron chi connectivity index (χ0n) is 9.41. The molecule has 0 fully saturated rings. The van der Waals surface area contributed by atoms with Crippen LogP contribution in [-0.4, -0.2) is 6.61 Å². The first-order chi connectivity index (χ1) is 8.22. The third-order valence-corrected chi connectivity index (χ3v) is 2.97. The van der Waals surface area contributed by atoms with Crippen LogP contribution in [0.2, 0.25) is 10.0 Å². The van der Waals surface area contributed by atoms with E-state index in [0.717, 1.165) is 16.9 Å². The van der Waals surface area contributed by atoms with Crippen molar-refractivity contribution in [3.05, 3.63) is 52.5 Å². The molecule has 0 heterocycles. The summed E-state index contributed by atoms with van der Waals surface area (Å²) in [5.74, 6) is 0.819. The Hall–Kier alpha value is -1.18. The van der Waals surface area contributed by atoms with E-state index in [1.165, 1.54) is 0 Å². The van der Waals surface area contributed by atoms with E-state index in [2.05, 4.69) is 0 Å². The highest BCUT2D eigenvalue weighted by atomic mass is 35.5. The van der Waals surface area contributed by atoms with Crippen molar-refractivity contribution in [1.82, 2.24) is 0 Å². The van der Waals surface area contributed by atoms with E-state index in [1.54, 1.807) is 12.1 Å². The molecule has 1 nitrogen and oxygen atoms in total. The number of para-hydroxylation sites is 1. The van der Waals surface area contributed by atoms with Crippen molar-refractivity contribution in [2.45, 2.75) is 6.92 Å². The summed E-state index contributed by atoms with van der Waals surface area (Å²) in [6.45, 7) is 2.57. The van der Waals surface area contributed by atoms with Crippen LogP contribution in [-0.2, 0) is 0 Å². The molecule has 0 aliphatic heterocycles. The molecule has 88 valence electrons. The van der Waals surface area contributed by atoms with Gasteiger partial charge in [0.15, 0.2) is 0 Å². The molecule has 0 aliphatic rings. The summed E-state index contributed by atoms with van der Waals surface area (Å²) in [5, 5.41) is 1.33. The average molecular weight is 267 g/mol. The summed E-state index contributed by atoms with van der Waals surface area (Å²) in [6, 6.07) is 13.2. The highest BCUT2D eigenvalue weighted by Gasteiger charge is 2.09. The van der Waals surface area contributed by atoms with Crippen molar-refractivity contribution in [1.29, 1.82) is 0 Å². The molecule has 0 bridgehead atoms. The van der Waals surface area contributed by atoms with Gasteiger partial charge in [0, 0.05) is 21.2 Å². The van der Waals surface area contributed by atoms with Crippen LogP contribution in [0.25, 0.3) is 11.1 Å². The Morgan fingerprint density at radius 3 is 2.53 bits per heavy atom. The Morgan fingerprint density at radius 2 is 1.76 bits per heavy atom. The summed E-state index contributed by atoms with van der Waals surface area (Å²) >= 11 is 12.2. The van der Waals surface area contributed by atoms with Crippen molar-refractivity contribution in [3.8, 4) is 16.9 Å². The molecule has 0 spiro atoms. The minimum atomic E-state index is 0.620. The van der Waals surface area contributed by atoms with Crippen LogP contribution in [0.5, 0.6) is 5.75 Å². The molecule has 0 unspecified atom stereocenters. The van der Waals surface area contributed by atoms with E-state index < -0.39 is 0 Å². The lowest BCUT2D eigenvalue weighted by atomic mass is 10.0. The maximum atomic E-state index is 6.19. The molecule has 17 heavy (non-hydrogen) atoms. The molecule has 2 rings (SSSR count). The first-order valence-corrected chi connectivity index (χ1v) is 6.15. The van der Waals surface area contributed by atoms with Gasteiger partial charge in [-0.3, -0.25) is 0 Å². The van der Waals surface area contributed by atoms with Crippen LogP contribution < -0.4 is 4.74 Å². The zero-order chi connectivity index (χ0) is 12.3. The Bertz CT molecular complexity index is 523. The molecule has 2 aromatic rings. The largest absolute Gasteiger partial charge is 0.493 e. The second kappa shape index (κ2) is 5.44. The molecule has 0 aliphatic carbocycles. The Morgan fingerprint density at radius 1 is 1.00 bits per heavy atom. The highest BCUT2D eigenvalue weighted by Crippen LogP contribution is 2.36. The normalized spacial score (nSPS) is 10.3. The second-order valence-electron chi connectivity index (χ2n) is 3.55. The molecule has 0 saturated carbocycles.